The Bertz CT molecular complexity index is 2110. The quantitative estimate of drug-likeness (QED) is 0.0171. The molecule has 2 rings (SSSR count). The zero-order chi connectivity index (χ0) is 54.3. The van der Waals surface area contributed by atoms with E-state index < -0.39 is 117 Å². The number of allylic oxidation sites excluding steroid dienone is 2. The maximum absolute atomic E-state index is 15.1. The summed E-state index contributed by atoms with van der Waals surface area (Å²) in [5.41, 5.74) is 0.959. The van der Waals surface area contributed by atoms with Crippen LogP contribution in [0.15, 0.2) is 71.8 Å². The number of benzene rings is 2. The molecule has 70 heavy (non-hydrogen) atoms. The second kappa shape index (κ2) is 22.7. The summed E-state index contributed by atoms with van der Waals surface area (Å²) in [5.74, 6) is -57.3. The molecule has 3 N–H and O–H groups in total. The van der Waals surface area contributed by atoms with Crippen LogP contribution in [0.1, 0.15) is 59.6 Å². The van der Waals surface area contributed by atoms with Gasteiger partial charge in [0.25, 0.3) is 5.91 Å². The molecule has 0 saturated heterocycles. The molecule has 0 unspecified atom stereocenters. The Morgan fingerprint density at radius 2 is 1.13 bits per heavy atom. The number of alkyl halides is 17. The highest BCUT2D eigenvalue weighted by atomic mass is 28.4. The van der Waals surface area contributed by atoms with Crippen molar-refractivity contribution in [2.45, 2.75) is 125 Å². The molecule has 2 atom stereocenters. The van der Waals surface area contributed by atoms with Crippen LogP contribution in [0.5, 0.6) is 11.5 Å². The summed E-state index contributed by atoms with van der Waals surface area (Å²) >= 11 is 0. The van der Waals surface area contributed by atoms with E-state index in [9.17, 15) is 75.4 Å². The van der Waals surface area contributed by atoms with E-state index in [0.717, 1.165) is 6.08 Å². The number of carbonyl (C=O) groups excluding carboxylic acids is 2. The van der Waals surface area contributed by atoms with E-state index in [1.54, 1.807) is 19.1 Å². The molecule has 398 valence electrons. The molecule has 2 amide bonds. The van der Waals surface area contributed by atoms with E-state index in [4.69, 9.17) is 28.6 Å². The predicted molar refractivity (Wildman–Crippen MR) is 218 cm³/mol. The summed E-state index contributed by atoms with van der Waals surface area (Å²) in [6.45, 7) is 7.29. The fourth-order valence-electron chi connectivity index (χ4n) is 7.01. The largest absolute Gasteiger partial charge is 0.497 e. The molecular weight excluding hydrogens is 1010 g/mol. The van der Waals surface area contributed by atoms with Gasteiger partial charge in [-0.05, 0) is 84.1 Å². The maximum Gasteiger partial charge on any atom is 0.460 e. The van der Waals surface area contributed by atoms with Crippen LogP contribution in [0.3, 0.4) is 0 Å². The van der Waals surface area contributed by atoms with Crippen LogP contribution in [-0.4, -0.2) is 107 Å². The first kappa shape index (κ1) is 61.3. The van der Waals surface area contributed by atoms with Gasteiger partial charge in [0, 0.05) is 25.3 Å². The van der Waals surface area contributed by atoms with Crippen molar-refractivity contribution in [1.29, 1.82) is 0 Å². The van der Waals surface area contributed by atoms with E-state index >= 15 is 8.78 Å². The molecule has 0 heterocycles. The van der Waals surface area contributed by atoms with Crippen LogP contribution in [0, 0.1) is 0 Å². The Morgan fingerprint density at radius 1 is 0.657 bits per heavy atom. The normalized spacial score (nSPS) is 15.2. The van der Waals surface area contributed by atoms with Gasteiger partial charge in [0.15, 0.2) is 14.4 Å². The van der Waals surface area contributed by atoms with Crippen molar-refractivity contribution in [2.24, 2.45) is 0 Å². The number of hydrogen-bond donors (Lipinski definition) is 3. The van der Waals surface area contributed by atoms with Crippen molar-refractivity contribution in [3.63, 3.8) is 0 Å². The smallest absolute Gasteiger partial charge is 0.460 e. The van der Waals surface area contributed by atoms with Crippen LogP contribution in [-0.2, 0) is 18.7 Å². The Labute approximate surface area is 390 Å². The summed E-state index contributed by atoms with van der Waals surface area (Å²) in [6.07, 6.45) is -11.1. The Balaban J connectivity index is 2.38. The highest BCUT2D eigenvalue weighted by Crippen LogP contribution is 2.64. The SMILES string of the molecule is COc1ccc(NC(=O)O[C@@H](c2ccc(OCCO[Si](CCC(F)(F)C(F)(F)C(F)(F)C(F)(F)C(F)(F)C(F)(F)C(F)(F)C(F)(F)F)(C(C)C)C(C)C)cc2)[C@@H](OC)/C(C)=C/C(C)=C/C(=O)NO)cc1. The van der Waals surface area contributed by atoms with Gasteiger partial charge in [0.1, 0.15) is 24.2 Å². The number of ether oxygens (including phenoxy) is 4. The number of nitrogens with one attached hydrogen (secondary N) is 2. The number of halogens is 17. The average Bonchev–Trinajstić information content (AvgIpc) is 3.25. The number of hydroxylamine groups is 1. The van der Waals surface area contributed by atoms with Crippen molar-refractivity contribution in [1.82, 2.24) is 5.48 Å². The van der Waals surface area contributed by atoms with Crippen molar-refractivity contribution >= 4 is 26.0 Å². The first-order chi connectivity index (χ1) is 31.8. The van der Waals surface area contributed by atoms with Gasteiger partial charge in [-0.25, -0.2) is 10.3 Å². The summed E-state index contributed by atoms with van der Waals surface area (Å²) in [7, 11) is -1.33. The molecule has 0 spiro atoms. The predicted octanol–water partition coefficient (Wildman–Crippen LogP) is 13.0. The highest BCUT2D eigenvalue weighted by Gasteiger charge is 2.95. The minimum atomic E-state index is -8.72. The fourth-order valence-corrected chi connectivity index (χ4v) is 11.5. The Kier molecular flexibility index (Phi) is 19.9. The zero-order valence-electron chi connectivity index (χ0n) is 38.1. The van der Waals surface area contributed by atoms with Gasteiger partial charge in [-0.2, -0.15) is 74.6 Å². The molecule has 2 aromatic carbocycles. The molecule has 0 radical (unpaired) electrons. The van der Waals surface area contributed by atoms with Crippen LogP contribution in [0.25, 0.3) is 0 Å². The molecule has 2 aromatic rings. The van der Waals surface area contributed by atoms with Crippen LogP contribution in [0.4, 0.5) is 85.1 Å². The molecule has 0 aliphatic heterocycles. The lowest BCUT2D eigenvalue weighted by Gasteiger charge is -2.44. The van der Waals surface area contributed by atoms with E-state index in [-0.39, 0.29) is 11.3 Å². The summed E-state index contributed by atoms with van der Waals surface area (Å²) in [6, 6.07) is 10.3. The van der Waals surface area contributed by atoms with E-state index in [0.29, 0.717) is 22.6 Å². The van der Waals surface area contributed by atoms with Gasteiger partial charge in [-0.15, -0.1) is 0 Å². The van der Waals surface area contributed by atoms with E-state index in [1.807, 2.05) is 0 Å². The van der Waals surface area contributed by atoms with Gasteiger partial charge >= 0.3 is 53.7 Å². The summed E-state index contributed by atoms with van der Waals surface area (Å²) < 4.78 is 265. The first-order valence-corrected chi connectivity index (χ1v) is 22.6. The van der Waals surface area contributed by atoms with E-state index in [2.05, 4.69) is 5.32 Å². The molecule has 0 fully saturated rings. The highest BCUT2D eigenvalue weighted by molar-refractivity contribution is 6.76. The van der Waals surface area contributed by atoms with Gasteiger partial charge < -0.3 is 23.4 Å². The number of hydrogen-bond acceptors (Lipinski definition) is 8. The average molecular weight is 1060 g/mol. The summed E-state index contributed by atoms with van der Waals surface area (Å²) in [5, 5.41) is 11.4. The number of rotatable bonds is 25. The first-order valence-electron chi connectivity index (χ1n) is 20.3. The summed E-state index contributed by atoms with van der Waals surface area (Å²) in [4.78, 5) is 24.8. The molecule has 10 nitrogen and oxygen atoms in total. The third kappa shape index (κ3) is 12.6. The molecule has 0 bridgehead atoms. The Hall–Kier alpha value is -4.83. The monoisotopic (exact) mass is 1060 g/mol. The second-order valence-electron chi connectivity index (χ2n) is 16.3. The molecule has 0 aliphatic carbocycles. The van der Waals surface area contributed by atoms with Crippen LogP contribution in [0.2, 0.25) is 17.1 Å². The van der Waals surface area contributed by atoms with Crippen molar-refractivity contribution in [3.8, 4) is 11.5 Å². The van der Waals surface area contributed by atoms with Gasteiger partial charge in [0.05, 0.1) is 13.7 Å². The fraction of sp³-hybridized carbons (Fsp3) is 0.571. The molecule has 0 aromatic heterocycles. The van der Waals surface area contributed by atoms with Crippen LogP contribution < -0.4 is 20.3 Å². The second-order valence-corrected chi connectivity index (χ2v) is 21.3. The zero-order valence-corrected chi connectivity index (χ0v) is 39.1. The lowest BCUT2D eigenvalue weighted by molar-refractivity contribution is -0.461. The van der Waals surface area contributed by atoms with Crippen molar-refractivity contribution in [3.05, 3.63) is 77.4 Å². The topological polar surface area (TPSA) is 125 Å². The van der Waals surface area contributed by atoms with Crippen molar-refractivity contribution in [2.75, 3.05) is 32.8 Å². The standard InChI is InChI=1S/C42H49F17N2O8Si/c1-23(2)70(24(3)4,20-17-35(43,44)36(45,46)37(47,48)38(49,50)39(51,52)40(53,54)41(55,56)42(57,58)59)68-19-18-67-30-13-9-27(10-14-30)33(32(66-8)26(6)21-25(5)22-31(62)61-64)69-34(63)60-28-11-15-29(65-7)16-12-28/h9-16,21-24,32-33,64H,17-20H2,1-8H3,(H,60,63)(H,61,62)/b25-22+,26-21+/t32-,33-/m0/s1. The van der Waals surface area contributed by atoms with Crippen LogP contribution >= 0.6 is 0 Å². The minimum Gasteiger partial charge on any atom is -0.497 e. The number of carbonyl (C=O) groups is 2. The Morgan fingerprint density at radius 3 is 1.57 bits per heavy atom. The molecule has 0 aliphatic rings. The number of anilines is 1. The maximum atomic E-state index is 15.1. The lowest BCUT2D eigenvalue weighted by Crippen LogP contribution is -2.74. The number of amides is 2. The lowest BCUT2D eigenvalue weighted by atomic mass is 9.88. The van der Waals surface area contributed by atoms with Crippen molar-refractivity contribution < 1.29 is 113 Å². The molecule has 28 heteroatoms. The van der Waals surface area contributed by atoms with Gasteiger partial charge in [-0.1, -0.05) is 45.9 Å². The minimum absolute atomic E-state index is 0.0647. The third-order valence-corrected chi connectivity index (χ3v) is 16.7. The van der Waals surface area contributed by atoms with Gasteiger partial charge in [-0.3, -0.25) is 15.3 Å². The number of methoxy groups -OCH3 is 2. The van der Waals surface area contributed by atoms with E-state index in [1.165, 1.54) is 96.8 Å². The van der Waals surface area contributed by atoms with Gasteiger partial charge in [0.2, 0.25) is 0 Å². The third-order valence-electron chi connectivity index (χ3n) is 11.0. The molecule has 0 saturated carbocycles. The molecular formula is C42H49F17N2O8Si.